The molecule has 0 N–H and O–H groups in total. The van der Waals surface area contributed by atoms with E-state index in [-0.39, 0.29) is 23.4 Å². The SMILES string of the molecule is O=S(=O)(N1CCCCC1)N(Cc1ccc(-c2nnc(C(F)(F)F)o2)cc1F)c1cccnc1. The van der Waals surface area contributed by atoms with Crippen LogP contribution in [0.15, 0.2) is 47.1 Å². The Morgan fingerprint density at radius 2 is 1.85 bits per heavy atom. The molecule has 0 amide bonds. The molecule has 8 nitrogen and oxygen atoms in total. The molecule has 33 heavy (non-hydrogen) atoms. The number of alkyl halides is 3. The summed E-state index contributed by atoms with van der Waals surface area (Å²) in [5.41, 5.74) is 0.211. The fourth-order valence-electron chi connectivity index (χ4n) is 3.46. The standard InChI is InChI=1S/C20H19F4N5O3S/c21-17-11-14(18-26-27-19(32-18)20(22,23)24)6-7-15(17)13-29(16-5-4-8-25-12-16)33(30,31)28-9-2-1-3-10-28/h4-8,11-12H,1-3,9-10,13H2. The van der Waals surface area contributed by atoms with Crippen molar-refractivity contribution in [2.24, 2.45) is 0 Å². The number of anilines is 1. The fraction of sp³-hybridized carbons (Fsp3) is 0.350. The van der Waals surface area contributed by atoms with E-state index in [0.29, 0.717) is 13.1 Å². The van der Waals surface area contributed by atoms with E-state index in [2.05, 4.69) is 19.6 Å². The van der Waals surface area contributed by atoms with E-state index in [0.717, 1.165) is 29.6 Å². The van der Waals surface area contributed by atoms with Gasteiger partial charge in [0.1, 0.15) is 5.82 Å². The molecule has 0 spiro atoms. The van der Waals surface area contributed by atoms with Crippen LogP contribution in [0.1, 0.15) is 30.7 Å². The van der Waals surface area contributed by atoms with E-state index in [9.17, 15) is 26.0 Å². The summed E-state index contributed by atoms with van der Waals surface area (Å²) >= 11 is 0. The Bertz CT molecular complexity index is 1210. The summed E-state index contributed by atoms with van der Waals surface area (Å²) in [7, 11) is -3.97. The first kappa shape index (κ1) is 23.1. The highest BCUT2D eigenvalue weighted by molar-refractivity contribution is 7.90. The van der Waals surface area contributed by atoms with Gasteiger partial charge in [-0.15, -0.1) is 10.2 Å². The van der Waals surface area contributed by atoms with Crippen LogP contribution in [0.3, 0.4) is 0 Å². The quantitative estimate of drug-likeness (QED) is 0.490. The van der Waals surface area contributed by atoms with Crippen LogP contribution in [0, 0.1) is 5.82 Å². The van der Waals surface area contributed by atoms with Crippen LogP contribution in [0.4, 0.5) is 23.2 Å². The normalized spacial score (nSPS) is 15.5. The molecular weight excluding hydrogens is 466 g/mol. The van der Waals surface area contributed by atoms with Gasteiger partial charge in [0.2, 0.25) is 5.89 Å². The average Bonchev–Trinajstić information content (AvgIpc) is 3.30. The molecule has 3 heterocycles. The van der Waals surface area contributed by atoms with E-state index < -0.39 is 34.0 Å². The van der Waals surface area contributed by atoms with Crippen molar-refractivity contribution in [1.82, 2.24) is 19.5 Å². The summed E-state index contributed by atoms with van der Waals surface area (Å²) in [5, 5.41) is 6.23. The Morgan fingerprint density at radius 3 is 2.45 bits per heavy atom. The molecule has 176 valence electrons. The maximum Gasteiger partial charge on any atom is 0.470 e. The van der Waals surface area contributed by atoms with E-state index in [1.807, 2.05) is 0 Å². The second-order valence-electron chi connectivity index (χ2n) is 7.40. The van der Waals surface area contributed by atoms with Gasteiger partial charge in [-0.1, -0.05) is 12.5 Å². The Kier molecular flexibility index (Phi) is 6.34. The highest BCUT2D eigenvalue weighted by Crippen LogP contribution is 2.31. The number of hydrogen-bond acceptors (Lipinski definition) is 6. The molecule has 1 aliphatic heterocycles. The first-order valence-corrected chi connectivity index (χ1v) is 11.4. The Hall–Kier alpha value is -3.06. The molecule has 0 aliphatic carbocycles. The van der Waals surface area contributed by atoms with Crippen molar-refractivity contribution in [3.05, 3.63) is 60.0 Å². The summed E-state index contributed by atoms with van der Waals surface area (Å²) in [4.78, 5) is 3.97. The molecule has 0 atom stereocenters. The van der Waals surface area contributed by atoms with Crippen LogP contribution in [-0.4, -0.2) is 41.0 Å². The second-order valence-corrected chi connectivity index (χ2v) is 9.25. The molecule has 2 aromatic heterocycles. The largest absolute Gasteiger partial charge is 0.470 e. The predicted octanol–water partition coefficient (Wildman–Crippen LogP) is 4.03. The van der Waals surface area contributed by atoms with Crippen LogP contribution < -0.4 is 4.31 Å². The van der Waals surface area contributed by atoms with E-state index in [1.54, 1.807) is 12.1 Å². The van der Waals surface area contributed by atoms with Gasteiger partial charge in [-0.25, -0.2) is 4.39 Å². The monoisotopic (exact) mass is 485 g/mol. The Balaban J connectivity index is 1.64. The smallest absolute Gasteiger partial charge is 0.413 e. The zero-order chi connectivity index (χ0) is 23.6. The molecule has 0 radical (unpaired) electrons. The predicted molar refractivity (Wildman–Crippen MR) is 109 cm³/mol. The maximum absolute atomic E-state index is 14.9. The van der Waals surface area contributed by atoms with Gasteiger partial charge in [-0.3, -0.25) is 9.29 Å². The number of hydrogen-bond donors (Lipinski definition) is 0. The van der Waals surface area contributed by atoms with Gasteiger partial charge in [0.25, 0.3) is 0 Å². The summed E-state index contributed by atoms with van der Waals surface area (Å²) < 4.78 is 86.7. The zero-order valence-corrected chi connectivity index (χ0v) is 18.0. The van der Waals surface area contributed by atoms with Crippen molar-refractivity contribution < 1.29 is 30.4 Å². The van der Waals surface area contributed by atoms with Gasteiger partial charge < -0.3 is 4.42 Å². The molecular formula is C20H19F4N5O3S. The van der Waals surface area contributed by atoms with Crippen molar-refractivity contribution in [1.29, 1.82) is 0 Å². The molecule has 1 saturated heterocycles. The molecule has 0 unspecified atom stereocenters. The van der Waals surface area contributed by atoms with Crippen molar-refractivity contribution >= 4 is 15.9 Å². The van der Waals surface area contributed by atoms with E-state index >= 15 is 0 Å². The molecule has 1 aliphatic rings. The number of nitrogens with zero attached hydrogens (tertiary/aromatic N) is 5. The van der Waals surface area contributed by atoms with Crippen LogP contribution in [0.2, 0.25) is 0 Å². The second kappa shape index (κ2) is 9.06. The third kappa shape index (κ3) is 4.98. The average molecular weight is 485 g/mol. The summed E-state index contributed by atoms with van der Waals surface area (Å²) in [6.45, 7) is 0.382. The number of piperidine rings is 1. The van der Waals surface area contributed by atoms with Crippen molar-refractivity contribution in [2.75, 3.05) is 17.4 Å². The third-order valence-electron chi connectivity index (χ3n) is 5.14. The highest BCUT2D eigenvalue weighted by atomic mass is 32.2. The molecule has 0 saturated carbocycles. The Labute approximate surface area is 187 Å². The molecule has 0 bridgehead atoms. The van der Waals surface area contributed by atoms with Gasteiger partial charge in [0.15, 0.2) is 0 Å². The number of aromatic nitrogens is 3. The van der Waals surface area contributed by atoms with E-state index in [1.165, 1.54) is 28.8 Å². The highest BCUT2D eigenvalue weighted by Gasteiger charge is 2.38. The number of pyridine rings is 1. The minimum Gasteiger partial charge on any atom is -0.413 e. The summed E-state index contributed by atoms with van der Waals surface area (Å²) in [6.07, 6.45) is 0.424. The van der Waals surface area contributed by atoms with Crippen LogP contribution in [0.25, 0.3) is 11.5 Å². The lowest BCUT2D eigenvalue weighted by Crippen LogP contribution is -2.46. The van der Waals surface area contributed by atoms with Gasteiger partial charge in [0, 0.05) is 30.4 Å². The fourth-order valence-corrected chi connectivity index (χ4v) is 5.14. The first-order valence-electron chi connectivity index (χ1n) is 10.0. The Morgan fingerprint density at radius 1 is 1.09 bits per heavy atom. The minimum atomic E-state index is -4.82. The van der Waals surface area contributed by atoms with Crippen LogP contribution >= 0.6 is 0 Å². The van der Waals surface area contributed by atoms with Crippen LogP contribution in [-0.2, 0) is 22.9 Å². The first-order chi connectivity index (χ1) is 15.7. The minimum absolute atomic E-state index is 0.0127. The zero-order valence-electron chi connectivity index (χ0n) is 17.2. The summed E-state index contributed by atoms with van der Waals surface area (Å²) in [6, 6.07) is 6.62. The van der Waals surface area contributed by atoms with Crippen molar-refractivity contribution in [2.45, 2.75) is 32.0 Å². The lowest BCUT2D eigenvalue weighted by atomic mass is 10.1. The van der Waals surface area contributed by atoms with Gasteiger partial charge in [0.05, 0.1) is 18.4 Å². The van der Waals surface area contributed by atoms with Crippen molar-refractivity contribution in [3.63, 3.8) is 0 Å². The van der Waals surface area contributed by atoms with Gasteiger partial charge in [-0.05, 0) is 37.1 Å². The molecule has 4 rings (SSSR count). The molecule has 1 aromatic carbocycles. The molecule has 1 fully saturated rings. The maximum atomic E-state index is 14.9. The van der Waals surface area contributed by atoms with Gasteiger partial charge >= 0.3 is 22.3 Å². The summed E-state index contributed by atoms with van der Waals surface area (Å²) in [5.74, 6) is -2.88. The lowest BCUT2D eigenvalue weighted by Gasteiger charge is -2.33. The molecule has 13 heteroatoms. The third-order valence-corrected chi connectivity index (χ3v) is 7.05. The number of halogens is 4. The van der Waals surface area contributed by atoms with E-state index in [4.69, 9.17) is 0 Å². The lowest BCUT2D eigenvalue weighted by molar-refractivity contribution is -0.156. The molecule has 3 aromatic rings. The van der Waals surface area contributed by atoms with Crippen molar-refractivity contribution in [3.8, 4) is 11.5 Å². The van der Waals surface area contributed by atoms with Crippen LogP contribution in [0.5, 0.6) is 0 Å². The number of rotatable bonds is 6. The topological polar surface area (TPSA) is 92.4 Å². The van der Waals surface area contributed by atoms with Gasteiger partial charge in [-0.2, -0.15) is 25.9 Å². The number of benzene rings is 1.